The lowest BCUT2D eigenvalue weighted by molar-refractivity contribution is 0.276. The number of hydrogen-bond acceptors (Lipinski definition) is 2. The smallest absolute Gasteiger partial charge is 0.0704 e. The molecule has 1 aromatic heterocycles. The Morgan fingerprint density at radius 1 is 1.22 bits per heavy atom. The Bertz CT molecular complexity index is 555. The molecule has 1 unspecified atom stereocenters. The van der Waals surface area contributed by atoms with Crippen molar-refractivity contribution in [2.45, 2.75) is 38.1 Å². The number of nitrogens with zero attached hydrogens (tertiary/aromatic N) is 1. The van der Waals surface area contributed by atoms with E-state index >= 15 is 0 Å². The summed E-state index contributed by atoms with van der Waals surface area (Å²) in [6.07, 6.45) is 4.37. The van der Waals surface area contributed by atoms with Gasteiger partial charge in [-0.05, 0) is 56.8 Å². The van der Waals surface area contributed by atoms with Crippen LogP contribution < -0.4 is 5.32 Å². The first-order chi connectivity index (χ1) is 8.66. The monoisotopic (exact) mass is 240 g/mol. The second kappa shape index (κ2) is 4.36. The van der Waals surface area contributed by atoms with Crippen molar-refractivity contribution in [2.75, 3.05) is 6.54 Å². The molecule has 1 saturated heterocycles. The molecule has 1 atom stereocenters. The van der Waals surface area contributed by atoms with Crippen molar-refractivity contribution in [3.63, 3.8) is 0 Å². The van der Waals surface area contributed by atoms with Crippen molar-refractivity contribution in [1.82, 2.24) is 10.3 Å². The highest BCUT2D eigenvalue weighted by Gasteiger charge is 2.28. The maximum absolute atomic E-state index is 4.46. The topological polar surface area (TPSA) is 24.9 Å². The van der Waals surface area contributed by atoms with Crippen molar-refractivity contribution in [3.05, 3.63) is 42.1 Å². The molecule has 2 heteroatoms. The van der Waals surface area contributed by atoms with Crippen molar-refractivity contribution >= 4 is 10.9 Å². The minimum Gasteiger partial charge on any atom is -0.312 e. The molecule has 0 saturated carbocycles. The zero-order valence-electron chi connectivity index (χ0n) is 11.1. The van der Waals surface area contributed by atoms with Crippen molar-refractivity contribution in [1.29, 1.82) is 0 Å². The van der Waals surface area contributed by atoms with Crippen LogP contribution in [0.4, 0.5) is 0 Å². The van der Waals surface area contributed by atoms with Crippen LogP contribution in [0.2, 0.25) is 0 Å². The van der Waals surface area contributed by atoms with Gasteiger partial charge in [-0.15, -0.1) is 0 Å². The van der Waals surface area contributed by atoms with Crippen molar-refractivity contribution in [3.8, 4) is 0 Å². The van der Waals surface area contributed by atoms with Gasteiger partial charge in [0.15, 0.2) is 0 Å². The first-order valence-electron chi connectivity index (χ1n) is 6.74. The summed E-state index contributed by atoms with van der Waals surface area (Å²) in [5, 5.41) is 4.91. The molecule has 0 bridgehead atoms. The third-order valence-electron chi connectivity index (χ3n) is 3.98. The average molecular weight is 240 g/mol. The molecule has 2 nitrogen and oxygen atoms in total. The van der Waals surface area contributed by atoms with Crippen LogP contribution in [-0.2, 0) is 0 Å². The fourth-order valence-electron chi connectivity index (χ4n) is 3.11. The molecule has 94 valence electrons. The molecule has 3 rings (SSSR count). The summed E-state index contributed by atoms with van der Waals surface area (Å²) in [5.74, 6) is 0.647. The number of hydrogen-bond donors (Lipinski definition) is 1. The maximum atomic E-state index is 4.46. The zero-order chi connectivity index (χ0) is 12.6. The Hall–Kier alpha value is -1.41. The van der Waals surface area contributed by atoms with Gasteiger partial charge in [0.05, 0.1) is 5.52 Å². The highest BCUT2D eigenvalue weighted by atomic mass is 15.0. The van der Waals surface area contributed by atoms with Gasteiger partial charge in [-0.25, -0.2) is 0 Å². The molecule has 2 aromatic rings. The quantitative estimate of drug-likeness (QED) is 0.825. The lowest BCUT2D eigenvalue weighted by atomic mass is 9.80. The maximum Gasteiger partial charge on any atom is 0.0704 e. The van der Waals surface area contributed by atoms with E-state index in [1.165, 1.54) is 23.8 Å². The summed E-state index contributed by atoms with van der Waals surface area (Å²) < 4.78 is 0. The lowest BCUT2D eigenvalue weighted by Crippen LogP contribution is -2.45. The third kappa shape index (κ3) is 2.13. The summed E-state index contributed by atoms with van der Waals surface area (Å²) in [4.78, 5) is 4.46. The Balaban J connectivity index is 2.04. The Morgan fingerprint density at radius 3 is 2.89 bits per heavy atom. The van der Waals surface area contributed by atoms with Crippen LogP contribution in [0.3, 0.4) is 0 Å². The first kappa shape index (κ1) is 11.7. The van der Waals surface area contributed by atoms with Gasteiger partial charge in [0.25, 0.3) is 0 Å². The fraction of sp³-hybridized carbons (Fsp3) is 0.438. The molecule has 0 radical (unpaired) electrons. The number of nitrogens with one attached hydrogen (secondary N) is 1. The average Bonchev–Trinajstić information content (AvgIpc) is 2.37. The van der Waals surface area contributed by atoms with Crippen LogP contribution in [0, 0.1) is 0 Å². The van der Waals surface area contributed by atoms with Gasteiger partial charge in [0, 0.05) is 17.1 Å². The highest BCUT2D eigenvalue weighted by Crippen LogP contribution is 2.35. The van der Waals surface area contributed by atoms with Crippen LogP contribution >= 0.6 is 0 Å². The van der Waals surface area contributed by atoms with Crippen LogP contribution in [-0.4, -0.2) is 17.1 Å². The number of aromatic nitrogens is 1. The van der Waals surface area contributed by atoms with E-state index in [0.29, 0.717) is 5.92 Å². The molecule has 0 amide bonds. The van der Waals surface area contributed by atoms with Gasteiger partial charge < -0.3 is 5.32 Å². The molecule has 0 aliphatic carbocycles. The van der Waals surface area contributed by atoms with Gasteiger partial charge >= 0.3 is 0 Å². The SMILES string of the molecule is CC1(C)CC(c2ccnc3ccccc23)CCN1. The Labute approximate surface area is 108 Å². The van der Waals surface area contributed by atoms with Crippen LogP contribution in [0.25, 0.3) is 10.9 Å². The second-order valence-electron chi connectivity index (χ2n) is 5.92. The second-order valence-corrected chi connectivity index (χ2v) is 5.92. The molecule has 0 spiro atoms. The molecule has 1 fully saturated rings. The summed E-state index contributed by atoms with van der Waals surface area (Å²) in [5.41, 5.74) is 2.83. The highest BCUT2D eigenvalue weighted by molar-refractivity contribution is 5.82. The number of piperidine rings is 1. The van der Waals surface area contributed by atoms with E-state index in [4.69, 9.17) is 0 Å². The van der Waals surface area contributed by atoms with E-state index in [1.54, 1.807) is 0 Å². The first-order valence-corrected chi connectivity index (χ1v) is 6.74. The molecular weight excluding hydrogens is 220 g/mol. The van der Waals surface area contributed by atoms with Crippen molar-refractivity contribution < 1.29 is 0 Å². The molecule has 1 aromatic carbocycles. The van der Waals surface area contributed by atoms with Crippen LogP contribution in [0.1, 0.15) is 38.2 Å². The van der Waals surface area contributed by atoms with E-state index in [2.05, 4.69) is 54.5 Å². The zero-order valence-corrected chi connectivity index (χ0v) is 11.1. The van der Waals surface area contributed by atoms with Crippen LogP contribution in [0.5, 0.6) is 0 Å². The summed E-state index contributed by atoms with van der Waals surface area (Å²) in [6.45, 7) is 5.69. The van der Waals surface area contributed by atoms with Crippen molar-refractivity contribution in [2.24, 2.45) is 0 Å². The normalized spacial score (nSPS) is 23.1. The molecule has 2 heterocycles. The number of para-hydroxylation sites is 1. The van der Waals surface area contributed by atoms with E-state index < -0.39 is 0 Å². The van der Waals surface area contributed by atoms with E-state index in [9.17, 15) is 0 Å². The molecule has 1 N–H and O–H groups in total. The minimum atomic E-state index is 0.243. The van der Waals surface area contributed by atoms with Gasteiger partial charge in [0.1, 0.15) is 0 Å². The number of benzene rings is 1. The Kier molecular flexibility index (Phi) is 2.83. The summed E-state index contributed by atoms with van der Waals surface area (Å²) in [6, 6.07) is 10.7. The minimum absolute atomic E-state index is 0.243. The summed E-state index contributed by atoms with van der Waals surface area (Å²) in [7, 11) is 0. The van der Waals surface area contributed by atoms with E-state index in [-0.39, 0.29) is 5.54 Å². The molecule has 18 heavy (non-hydrogen) atoms. The van der Waals surface area contributed by atoms with Gasteiger partial charge in [-0.3, -0.25) is 4.98 Å². The van der Waals surface area contributed by atoms with Gasteiger partial charge in [0.2, 0.25) is 0 Å². The lowest BCUT2D eigenvalue weighted by Gasteiger charge is -2.37. The van der Waals surface area contributed by atoms with Gasteiger partial charge in [-0.1, -0.05) is 18.2 Å². The van der Waals surface area contributed by atoms with E-state index in [0.717, 1.165) is 12.1 Å². The number of pyridine rings is 1. The number of fused-ring (bicyclic) bond motifs is 1. The molecule has 1 aliphatic heterocycles. The third-order valence-corrected chi connectivity index (χ3v) is 3.98. The predicted octanol–water partition coefficient (Wildman–Crippen LogP) is 3.48. The molecule has 1 aliphatic rings. The van der Waals surface area contributed by atoms with E-state index in [1.807, 2.05) is 6.20 Å². The van der Waals surface area contributed by atoms with Crippen LogP contribution in [0.15, 0.2) is 36.5 Å². The largest absolute Gasteiger partial charge is 0.312 e. The van der Waals surface area contributed by atoms with Gasteiger partial charge in [-0.2, -0.15) is 0 Å². The molecular formula is C16H20N2. The summed E-state index contributed by atoms with van der Waals surface area (Å²) >= 11 is 0. The Morgan fingerprint density at radius 2 is 2.06 bits per heavy atom. The fourth-order valence-corrected chi connectivity index (χ4v) is 3.11. The standard InChI is InChI=1S/C16H20N2/c1-16(2)11-12(7-10-18-16)13-8-9-17-15-6-4-3-5-14(13)15/h3-6,8-9,12,18H,7,10-11H2,1-2H3. The predicted molar refractivity (Wildman–Crippen MR) is 75.8 cm³/mol. The number of rotatable bonds is 1.